The van der Waals surface area contributed by atoms with E-state index in [1.54, 1.807) is 6.92 Å². The van der Waals surface area contributed by atoms with Crippen LogP contribution in [0.3, 0.4) is 0 Å². The van der Waals surface area contributed by atoms with Gasteiger partial charge in [0.25, 0.3) is 5.92 Å². The molecule has 0 bridgehead atoms. The Kier molecular flexibility index (Phi) is 2.17. The van der Waals surface area contributed by atoms with Crippen molar-refractivity contribution >= 4 is 5.97 Å². The topological polar surface area (TPSA) is 37.3 Å². The summed E-state index contributed by atoms with van der Waals surface area (Å²) in [6.07, 6.45) is -0.654. The first-order chi connectivity index (χ1) is 5.42. The molecular formula is C8H10F2O2. The number of allylic oxidation sites excluding steroid dienone is 1. The van der Waals surface area contributed by atoms with Gasteiger partial charge in [-0.1, -0.05) is 5.57 Å². The standard InChI is InChI=1S/C8H10F2O2/c1-5-2-3-8(9,10)4-6(5)7(11)12/h2-4H2,1H3,(H,11,12). The highest BCUT2D eigenvalue weighted by Gasteiger charge is 2.36. The summed E-state index contributed by atoms with van der Waals surface area (Å²) in [5.74, 6) is -4.04. The highest BCUT2D eigenvalue weighted by atomic mass is 19.3. The normalized spacial score (nSPS) is 22.6. The molecule has 0 atom stereocenters. The van der Waals surface area contributed by atoms with Gasteiger partial charge < -0.3 is 5.11 Å². The Hall–Kier alpha value is -0.930. The minimum Gasteiger partial charge on any atom is -0.478 e. The maximum atomic E-state index is 12.7. The summed E-state index contributed by atoms with van der Waals surface area (Å²) in [5.41, 5.74) is 0.458. The molecule has 0 unspecified atom stereocenters. The van der Waals surface area contributed by atoms with Crippen LogP contribution >= 0.6 is 0 Å². The Balaban J connectivity index is 2.89. The van der Waals surface area contributed by atoms with Crippen LogP contribution in [0.15, 0.2) is 11.1 Å². The third-order valence-corrected chi connectivity index (χ3v) is 2.07. The molecule has 1 aliphatic rings. The minimum atomic E-state index is -2.83. The van der Waals surface area contributed by atoms with Crippen molar-refractivity contribution in [3.8, 4) is 0 Å². The number of carboxylic acid groups (broad SMARTS) is 1. The lowest BCUT2D eigenvalue weighted by Gasteiger charge is -2.23. The summed E-state index contributed by atoms with van der Waals surface area (Å²) < 4.78 is 25.4. The van der Waals surface area contributed by atoms with Crippen molar-refractivity contribution in [2.24, 2.45) is 0 Å². The van der Waals surface area contributed by atoms with Crippen molar-refractivity contribution in [3.63, 3.8) is 0 Å². The monoisotopic (exact) mass is 176 g/mol. The van der Waals surface area contributed by atoms with Gasteiger partial charge >= 0.3 is 5.97 Å². The summed E-state index contributed by atoms with van der Waals surface area (Å²) in [6, 6.07) is 0. The van der Waals surface area contributed by atoms with Crippen LogP contribution in [-0.2, 0) is 4.79 Å². The molecule has 0 aromatic heterocycles. The predicted molar refractivity (Wildman–Crippen MR) is 39.1 cm³/mol. The van der Waals surface area contributed by atoms with Gasteiger partial charge in [0.15, 0.2) is 0 Å². The van der Waals surface area contributed by atoms with Crippen molar-refractivity contribution in [2.75, 3.05) is 0 Å². The molecule has 2 nitrogen and oxygen atoms in total. The highest BCUT2D eigenvalue weighted by molar-refractivity contribution is 5.87. The quantitative estimate of drug-likeness (QED) is 0.665. The second kappa shape index (κ2) is 2.84. The van der Waals surface area contributed by atoms with E-state index in [2.05, 4.69) is 0 Å². The molecule has 0 heterocycles. The fourth-order valence-electron chi connectivity index (χ4n) is 1.28. The lowest BCUT2D eigenvalue weighted by molar-refractivity contribution is -0.134. The van der Waals surface area contributed by atoms with Gasteiger partial charge in [-0.05, 0) is 13.3 Å². The van der Waals surface area contributed by atoms with Crippen molar-refractivity contribution in [3.05, 3.63) is 11.1 Å². The zero-order valence-electron chi connectivity index (χ0n) is 6.73. The molecule has 0 saturated heterocycles. The smallest absolute Gasteiger partial charge is 0.331 e. The van der Waals surface area contributed by atoms with E-state index in [1.807, 2.05) is 0 Å². The Morgan fingerprint density at radius 3 is 2.58 bits per heavy atom. The molecule has 0 fully saturated rings. The van der Waals surface area contributed by atoms with E-state index in [0.29, 0.717) is 5.57 Å². The van der Waals surface area contributed by atoms with Gasteiger partial charge in [0, 0.05) is 18.4 Å². The number of aliphatic carboxylic acids is 1. The van der Waals surface area contributed by atoms with Crippen LogP contribution in [0.25, 0.3) is 0 Å². The molecule has 0 saturated carbocycles. The number of hydrogen-bond acceptors (Lipinski definition) is 1. The first kappa shape index (κ1) is 9.16. The van der Waals surface area contributed by atoms with Gasteiger partial charge in [-0.25, -0.2) is 13.6 Å². The molecule has 4 heteroatoms. The number of halogens is 2. The van der Waals surface area contributed by atoms with Gasteiger partial charge in [0.1, 0.15) is 0 Å². The van der Waals surface area contributed by atoms with Crippen LogP contribution in [0.5, 0.6) is 0 Å². The first-order valence-corrected chi connectivity index (χ1v) is 3.72. The fraction of sp³-hybridized carbons (Fsp3) is 0.625. The van der Waals surface area contributed by atoms with Crippen LogP contribution in [-0.4, -0.2) is 17.0 Å². The van der Waals surface area contributed by atoms with Gasteiger partial charge in [0.05, 0.1) is 0 Å². The largest absolute Gasteiger partial charge is 0.478 e. The zero-order chi connectivity index (χ0) is 9.35. The van der Waals surface area contributed by atoms with E-state index in [-0.39, 0.29) is 18.4 Å². The van der Waals surface area contributed by atoms with E-state index in [4.69, 9.17) is 5.11 Å². The number of hydrogen-bond donors (Lipinski definition) is 1. The van der Waals surface area contributed by atoms with Crippen molar-refractivity contribution in [2.45, 2.75) is 32.1 Å². The molecule has 0 aromatic rings. The first-order valence-electron chi connectivity index (χ1n) is 3.72. The maximum Gasteiger partial charge on any atom is 0.331 e. The lowest BCUT2D eigenvalue weighted by atomic mass is 9.90. The number of alkyl halides is 2. The molecule has 0 aromatic carbocycles. The Bertz CT molecular complexity index is 243. The molecule has 68 valence electrons. The average molecular weight is 176 g/mol. The van der Waals surface area contributed by atoms with E-state index < -0.39 is 18.3 Å². The van der Waals surface area contributed by atoms with Crippen molar-refractivity contribution < 1.29 is 18.7 Å². The summed E-state index contributed by atoms with van der Waals surface area (Å²) in [7, 11) is 0. The van der Waals surface area contributed by atoms with Crippen molar-refractivity contribution in [1.29, 1.82) is 0 Å². The molecule has 0 radical (unpaired) electrons. The minimum absolute atomic E-state index is 0.119. The molecule has 12 heavy (non-hydrogen) atoms. The SMILES string of the molecule is CC1=C(C(=O)O)CC(F)(F)CC1. The molecule has 0 amide bonds. The van der Waals surface area contributed by atoms with Crippen molar-refractivity contribution in [1.82, 2.24) is 0 Å². The summed E-state index contributed by atoms with van der Waals surface area (Å²) in [5, 5.41) is 8.55. The van der Waals surface area contributed by atoms with Gasteiger partial charge in [0.2, 0.25) is 0 Å². The summed E-state index contributed by atoms with van der Waals surface area (Å²) in [6.45, 7) is 1.60. The van der Waals surface area contributed by atoms with Crippen LogP contribution < -0.4 is 0 Å². The van der Waals surface area contributed by atoms with Crippen LogP contribution in [0, 0.1) is 0 Å². The maximum absolute atomic E-state index is 12.7. The van der Waals surface area contributed by atoms with Crippen LogP contribution in [0.4, 0.5) is 8.78 Å². The van der Waals surface area contributed by atoms with E-state index in [1.165, 1.54) is 0 Å². The molecular weight excluding hydrogens is 166 g/mol. The molecule has 1 N–H and O–H groups in total. The summed E-state index contributed by atoms with van der Waals surface area (Å²) >= 11 is 0. The van der Waals surface area contributed by atoms with Gasteiger partial charge in [-0.3, -0.25) is 0 Å². The molecule has 0 spiro atoms. The van der Waals surface area contributed by atoms with Crippen LogP contribution in [0.1, 0.15) is 26.2 Å². The van der Waals surface area contributed by atoms with E-state index >= 15 is 0 Å². The molecule has 1 rings (SSSR count). The van der Waals surface area contributed by atoms with Crippen LogP contribution in [0.2, 0.25) is 0 Å². The average Bonchev–Trinajstić information content (AvgIpc) is 1.94. The fourth-order valence-corrected chi connectivity index (χ4v) is 1.28. The molecule has 1 aliphatic carbocycles. The Morgan fingerprint density at radius 2 is 2.17 bits per heavy atom. The second-order valence-corrected chi connectivity index (χ2v) is 3.10. The number of rotatable bonds is 1. The highest BCUT2D eigenvalue weighted by Crippen LogP contribution is 2.36. The molecule has 0 aliphatic heterocycles. The number of carbonyl (C=O) groups is 1. The lowest BCUT2D eigenvalue weighted by Crippen LogP contribution is -2.24. The van der Waals surface area contributed by atoms with E-state index in [0.717, 1.165) is 0 Å². The third kappa shape index (κ3) is 1.81. The zero-order valence-corrected chi connectivity index (χ0v) is 6.73. The third-order valence-electron chi connectivity index (χ3n) is 2.07. The second-order valence-electron chi connectivity index (χ2n) is 3.10. The predicted octanol–water partition coefficient (Wildman–Crippen LogP) is 2.21. The summed E-state index contributed by atoms with van der Waals surface area (Å²) in [4.78, 5) is 10.5. The van der Waals surface area contributed by atoms with E-state index in [9.17, 15) is 13.6 Å². The number of carboxylic acids is 1. The van der Waals surface area contributed by atoms with Gasteiger partial charge in [-0.2, -0.15) is 0 Å². The Labute approximate surface area is 68.9 Å². The van der Waals surface area contributed by atoms with Gasteiger partial charge in [-0.15, -0.1) is 0 Å². The Morgan fingerprint density at radius 1 is 1.58 bits per heavy atom.